The summed E-state index contributed by atoms with van der Waals surface area (Å²) in [5.41, 5.74) is 11.0. The highest BCUT2D eigenvalue weighted by Gasteiger charge is 1.97. The zero-order valence-electron chi connectivity index (χ0n) is 4.76. The van der Waals surface area contributed by atoms with Crippen molar-refractivity contribution in [3.63, 3.8) is 0 Å². The summed E-state index contributed by atoms with van der Waals surface area (Å²) in [6, 6.07) is 5.68. The Balaban J connectivity index is 3.25. The van der Waals surface area contributed by atoms with E-state index in [1.54, 1.807) is 6.07 Å². The SMILES string of the molecule is Nc1[c]ccc(N)c1O. The predicted molar refractivity (Wildman–Crippen MR) is 35.8 cm³/mol. The Morgan fingerprint density at radius 2 is 2.11 bits per heavy atom. The molecule has 1 radical (unpaired) electrons. The number of aromatic hydroxyl groups is 1. The Bertz CT molecular complexity index is 202. The lowest BCUT2D eigenvalue weighted by molar-refractivity contribution is 0.480. The molecule has 0 bridgehead atoms. The Morgan fingerprint density at radius 3 is 2.56 bits per heavy atom. The number of phenolic OH excluding ortho intramolecular Hbond substituents is 1. The van der Waals surface area contributed by atoms with E-state index < -0.39 is 0 Å². The van der Waals surface area contributed by atoms with Gasteiger partial charge in [0.1, 0.15) is 0 Å². The highest BCUT2D eigenvalue weighted by Crippen LogP contribution is 2.25. The lowest BCUT2D eigenvalue weighted by Gasteiger charge is -1.98. The van der Waals surface area contributed by atoms with Crippen molar-refractivity contribution in [1.82, 2.24) is 0 Å². The molecule has 1 aromatic rings. The van der Waals surface area contributed by atoms with E-state index >= 15 is 0 Å². The molecule has 0 saturated heterocycles. The van der Waals surface area contributed by atoms with Gasteiger partial charge in [0.2, 0.25) is 0 Å². The van der Waals surface area contributed by atoms with Crippen molar-refractivity contribution in [2.45, 2.75) is 0 Å². The molecule has 0 fully saturated rings. The minimum absolute atomic E-state index is 0.0856. The molecule has 0 spiro atoms. The number of phenols is 1. The van der Waals surface area contributed by atoms with Crippen LogP contribution in [0.25, 0.3) is 0 Å². The molecule has 0 atom stereocenters. The van der Waals surface area contributed by atoms with E-state index in [9.17, 15) is 0 Å². The first-order valence-corrected chi connectivity index (χ1v) is 2.46. The van der Waals surface area contributed by atoms with Crippen LogP contribution < -0.4 is 11.5 Å². The average molecular weight is 123 g/mol. The highest BCUT2D eigenvalue weighted by atomic mass is 16.3. The van der Waals surface area contributed by atoms with E-state index in [-0.39, 0.29) is 17.1 Å². The molecule has 5 N–H and O–H groups in total. The van der Waals surface area contributed by atoms with Gasteiger partial charge >= 0.3 is 0 Å². The van der Waals surface area contributed by atoms with Gasteiger partial charge in [0, 0.05) is 6.07 Å². The highest BCUT2D eigenvalue weighted by molar-refractivity contribution is 5.65. The fourth-order valence-corrected chi connectivity index (χ4v) is 0.524. The predicted octanol–water partition coefficient (Wildman–Crippen LogP) is 0.357. The van der Waals surface area contributed by atoms with Crippen LogP contribution in [0, 0.1) is 6.07 Å². The molecule has 9 heavy (non-hydrogen) atoms. The zero-order valence-corrected chi connectivity index (χ0v) is 4.76. The normalized spacial score (nSPS) is 9.33. The number of rotatable bonds is 0. The molecule has 0 aliphatic heterocycles. The lowest BCUT2D eigenvalue weighted by atomic mass is 10.2. The first kappa shape index (κ1) is 5.75. The molecule has 0 unspecified atom stereocenters. The van der Waals surface area contributed by atoms with E-state index in [2.05, 4.69) is 6.07 Å². The second-order valence-corrected chi connectivity index (χ2v) is 1.70. The van der Waals surface area contributed by atoms with Crippen LogP contribution >= 0.6 is 0 Å². The topological polar surface area (TPSA) is 72.3 Å². The summed E-state index contributed by atoms with van der Waals surface area (Å²) in [4.78, 5) is 0. The average Bonchev–Trinajstić information content (AvgIpc) is 1.83. The van der Waals surface area contributed by atoms with Gasteiger partial charge in [-0.1, -0.05) is 0 Å². The van der Waals surface area contributed by atoms with Crippen molar-refractivity contribution in [1.29, 1.82) is 0 Å². The van der Waals surface area contributed by atoms with Gasteiger partial charge in [-0.2, -0.15) is 0 Å². The van der Waals surface area contributed by atoms with Crippen LogP contribution in [0.15, 0.2) is 12.1 Å². The van der Waals surface area contributed by atoms with Crippen LogP contribution in [0.5, 0.6) is 5.75 Å². The summed E-state index contributed by atoms with van der Waals surface area (Å²) in [7, 11) is 0. The van der Waals surface area contributed by atoms with Gasteiger partial charge in [0.05, 0.1) is 11.4 Å². The molecule has 3 nitrogen and oxygen atoms in total. The molecule has 1 rings (SSSR count). The number of nitrogen functional groups attached to an aromatic ring is 2. The summed E-state index contributed by atoms with van der Waals surface area (Å²) >= 11 is 0. The maximum absolute atomic E-state index is 8.93. The Labute approximate surface area is 52.9 Å². The third-order valence-corrected chi connectivity index (χ3v) is 1.03. The van der Waals surface area contributed by atoms with E-state index in [1.807, 2.05) is 0 Å². The summed E-state index contributed by atoms with van der Waals surface area (Å²) < 4.78 is 0. The fraction of sp³-hybridized carbons (Fsp3) is 0. The summed E-state index contributed by atoms with van der Waals surface area (Å²) in [5.74, 6) is -0.0856. The van der Waals surface area contributed by atoms with Crippen LogP contribution in [-0.2, 0) is 0 Å². The Kier molecular flexibility index (Phi) is 1.18. The molecule has 0 amide bonds. The molecular weight excluding hydrogens is 116 g/mol. The minimum atomic E-state index is -0.0856. The summed E-state index contributed by atoms with van der Waals surface area (Å²) in [6.07, 6.45) is 0. The van der Waals surface area contributed by atoms with E-state index in [1.165, 1.54) is 6.07 Å². The number of hydrogen-bond donors (Lipinski definition) is 3. The van der Waals surface area contributed by atoms with Gasteiger partial charge in [0.25, 0.3) is 0 Å². The molecular formula is C6H7N2O. The third kappa shape index (κ3) is 0.887. The zero-order chi connectivity index (χ0) is 6.85. The molecule has 3 heteroatoms. The van der Waals surface area contributed by atoms with Gasteiger partial charge in [-0.05, 0) is 12.1 Å². The van der Waals surface area contributed by atoms with Crippen LogP contribution in [0.1, 0.15) is 0 Å². The van der Waals surface area contributed by atoms with Crippen molar-refractivity contribution < 1.29 is 5.11 Å². The van der Waals surface area contributed by atoms with Gasteiger partial charge in [-0.3, -0.25) is 0 Å². The maximum atomic E-state index is 8.93. The van der Waals surface area contributed by atoms with Gasteiger partial charge in [-0.25, -0.2) is 0 Å². The van der Waals surface area contributed by atoms with E-state index in [4.69, 9.17) is 16.6 Å². The number of nitrogens with two attached hydrogens (primary N) is 2. The molecule has 0 aromatic heterocycles. The molecule has 0 aliphatic carbocycles. The van der Waals surface area contributed by atoms with Gasteiger partial charge < -0.3 is 16.6 Å². The van der Waals surface area contributed by atoms with Crippen LogP contribution in [-0.4, -0.2) is 5.11 Å². The lowest BCUT2D eigenvalue weighted by Crippen LogP contribution is -1.90. The first-order valence-electron chi connectivity index (χ1n) is 2.46. The van der Waals surface area contributed by atoms with Crippen molar-refractivity contribution in [2.75, 3.05) is 11.5 Å². The van der Waals surface area contributed by atoms with Crippen molar-refractivity contribution in [3.05, 3.63) is 18.2 Å². The number of hydrogen-bond acceptors (Lipinski definition) is 3. The van der Waals surface area contributed by atoms with Gasteiger partial charge in [0.15, 0.2) is 5.75 Å². The largest absolute Gasteiger partial charge is 0.504 e. The summed E-state index contributed by atoms with van der Waals surface area (Å²) in [6.45, 7) is 0. The fourth-order valence-electron chi connectivity index (χ4n) is 0.524. The van der Waals surface area contributed by atoms with Gasteiger partial charge in [-0.15, -0.1) is 0 Å². The quantitative estimate of drug-likeness (QED) is 0.344. The summed E-state index contributed by atoms with van der Waals surface area (Å²) in [5, 5.41) is 8.93. The first-order chi connectivity index (χ1) is 4.22. The van der Waals surface area contributed by atoms with Crippen molar-refractivity contribution in [2.24, 2.45) is 0 Å². The van der Waals surface area contributed by atoms with Crippen LogP contribution in [0.2, 0.25) is 0 Å². The van der Waals surface area contributed by atoms with Crippen LogP contribution in [0.3, 0.4) is 0 Å². The second kappa shape index (κ2) is 1.85. The Hall–Kier alpha value is -1.38. The smallest absolute Gasteiger partial charge is 0.162 e. The standard InChI is InChI=1S/C6H7N2O/c7-4-2-1-3-5(8)6(4)9/h1-2,9H,7-8H2. The number of anilines is 2. The minimum Gasteiger partial charge on any atom is -0.504 e. The van der Waals surface area contributed by atoms with Crippen molar-refractivity contribution in [3.8, 4) is 5.75 Å². The number of benzene rings is 1. The molecule has 0 saturated carbocycles. The molecule has 0 heterocycles. The molecule has 1 aromatic carbocycles. The third-order valence-electron chi connectivity index (χ3n) is 1.03. The molecule has 47 valence electrons. The van der Waals surface area contributed by atoms with Crippen LogP contribution in [0.4, 0.5) is 11.4 Å². The monoisotopic (exact) mass is 123 g/mol. The second-order valence-electron chi connectivity index (χ2n) is 1.70. The van der Waals surface area contributed by atoms with E-state index in [0.29, 0.717) is 0 Å². The maximum Gasteiger partial charge on any atom is 0.162 e. The van der Waals surface area contributed by atoms with E-state index in [0.717, 1.165) is 0 Å². The van der Waals surface area contributed by atoms with Crippen molar-refractivity contribution >= 4 is 11.4 Å². The Morgan fingerprint density at radius 1 is 1.44 bits per heavy atom. The molecule has 0 aliphatic rings.